The molecule has 2 fully saturated rings. The Balaban J connectivity index is 1.78. The van der Waals surface area contributed by atoms with Gasteiger partial charge < -0.3 is 14.6 Å². The number of likely N-dealkylation sites (tertiary alicyclic amines) is 1. The van der Waals surface area contributed by atoms with Gasteiger partial charge in [-0.1, -0.05) is 6.42 Å². The molecule has 0 bridgehead atoms. The van der Waals surface area contributed by atoms with E-state index < -0.39 is 6.10 Å². The molecule has 2 aliphatic heterocycles. The van der Waals surface area contributed by atoms with E-state index in [1.807, 2.05) is 20.8 Å². The smallest absolute Gasteiger partial charge is 0.0900 e. The van der Waals surface area contributed by atoms with Crippen LogP contribution in [-0.4, -0.2) is 85.2 Å². The van der Waals surface area contributed by atoms with Crippen molar-refractivity contribution in [2.75, 3.05) is 52.5 Å². The number of rotatable bonds is 6. The number of aliphatic hydroxyl groups is 1. The molecule has 2 aliphatic rings. The second kappa shape index (κ2) is 8.60. The normalized spacial score (nSPS) is 27.0. The highest BCUT2D eigenvalue weighted by Gasteiger charge is 2.27. The molecule has 2 unspecified atom stereocenters. The fourth-order valence-corrected chi connectivity index (χ4v) is 3.26. The summed E-state index contributed by atoms with van der Waals surface area (Å²) in [6.45, 7) is 13.2. The van der Waals surface area contributed by atoms with Crippen molar-refractivity contribution in [2.45, 2.75) is 57.8 Å². The third kappa shape index (κ3) is 6.50. The Morgan fingerprint density at radius 1 is 1.18 bits per heavy atom. The lowest BCUT2D eigenvalue weighted by molar-refractivity contribution is -0.0631. The number of piperidine rings is 1. The van der Waals surface area contributed by atoms with Crippen LogP contribution in [0.25, 0.3) is 0 Å². The van der Waals surface area contributed by atoms with Gasteiger partial charge in [-0.3, -0.25) is 9.80 Å². The Kier molecular flexibility index (Phi) is 7.09. The number of β-amino-alcohol motifs (C(OH)–C–C–N with tert-alkyl or cyclic N) is 1. The van der Waals surface area contributed by atoms with E-state index in [4.69, 9.17) is 9.47 Å². The maximum absolute atomic E-state index is 10.3. The molecular weight excluding hydrogens is 280 g/mol. The minimum atomic E-state index is -0.399. The van der Waals surface area contributed by atoms with Crippen LogP contribution in [0.3, 0.4) is 0 Å². The number of hydrogen-bond acceptors (Lipinski definition) is 5. The van der Waals surface area contributed by atoms with Crippen LogP contribution in [0.5, 0.6) is 0 Å². The average molecular weight is 314 g/mol. The van der Waals surface area contributed by atoms with Gasteiger partial charge in [0.05, 0.1) is 31.5 Å². The summed E-state index contributed by atoms with van der Waals surface area (Å²) in [5.74, 6) is 0. The van der Waals surface area contributed by atoms with Crippen molar-refractivity contribution < 1.29 is 14.6 Å². The Hall–Kier alpha value is -0.200. The lowest BCUT2D eigenvalue weighted by atomic mass is 10.0. The van der Waals surface area contributed by atoms with Crippen molar-refractivity contribution in [3.8, 4) is 0 Å². The Labute approximate surface area is 135 Å². The molecule has 0 spiro atoms. The summed E-state index contributed by atoms with van der Waals surface area (Å²) in [5.41, 5.74) is -0.184. The maximum atomic E-state index is 10.3. The van der Waals surface area contributed by atoms with Gasteiger partial charge in [0.1, 0.15) is 0 Å². The quantitative estimate of drug-likeness (QED) is 0.802. The predicted octanol–water partition coefficient (Wildman–Crippen LogP) is 1.35. The van der Waals surface area contributed by atoms with Gasteiger partial charge in [-0.25, -0.2) is 0 Å². The minimum absolute atomic E-state index is 0.184. The first-order valence-corrected chi connectivity index (χ1v) is 8.80. The van der Waals surface area contributed by atoms with E-state index in [2.05, 4.69) is 9.80 Å². The maximum Gasteiger partial charge on any atom is 0.0900 e. The lowest BCUT2D eigenvalue weighted by Crippen LogP contribution is -2.51. The average Bonchev–Trinajstić information content (AvgIpc) is 2.48. The number of hydrogen-bond donors (Lipinski definition) is 1. The van der Waals surface area contributed by atoms with E-state index in [-0.39, 0.29) is 5.60 Å². The number of nitrogens with zero attached hydrogens (tertiary/aromatic N) is 2. The highest BCUT2D eigenvalue weighted by molar-refractivity contribution is 4.82. The molecule has 2 rings (SSSR count). The van der Waals surface area contributed by atoms with Gasteiger partial charge in [-0.15, -0.1) is 0 Å². The summed E-state index contributed by atoms with van der Waals surface area (Å²) in [4.78, 5) is 4.97. The molecule has 22 heavy (non-hydrogen) atoms. The first-order valence-electron chi connectivity index (χ1n) is 8.80. The largest absolute Gasteiger partial charge is 0.389 e. The Morgan fingerprint density at radius 2 is 1.91 bits per heavy atom. The summed E-state index contributed by atoms with van der Waals surface area (Å²) in [5, 5.41) is 10.3. The molecule has 0 saturated carbocycles. The number of morpholine rings is 1. The van der Waals surface area contributed by atoms with Gasteiger partial charge in [-0.2, -0.15) is 0 Å². The SMILES string of the molecule is CC(C)(C)OCC(O)CN1CCCCC1CN1CCOCC1. The highest BCUT2D eigenvalue weighted by atomic mass is 16.5. The van der Waals surface area contributed by atoms with Crippen LogP contribution in [0.2, 0.25) is 0 Å². The van der Waals surface area contributed by atoms with Gasteiger partial charge in [-0.05, 0) is 40.2 Å². The second-order valence-electron chi connectivity index (χ2n) is 7.63. The van der Waals surface area contributed by atoms with Gasteiger partial charge in [0, 0.05) is 32.2 Å². The molecule has 0 amide bonds. The van der Waals surface area contributed by atoms with Crippen LogP contribution in [0.15, 0.2) is 0 Å². The van der Waals surface area contributed by atoms with E-state index in [9.17, 15) is 5.11 Å². The molecule has 0 aliphatic carbocycles. The summed E-state index contributed by atoms with van der Waals surface area (Å²) < 4.78 is 11.1. The molecule has 130 valence electrons. The Morgan fingerprint density at radius 3 is 2.59 bits per heavy atom. The third-order valence-corrected chi connectivity index (χ3v) is 4.48. The van der Waals surface area contributed by atoms with Crippen LogP contribution < -0.4 is 0 Å². The van der Waals surface area contributed by atoms with Gasteiger partial charge in [0.2, 0.25) is 0 Å². The molecule has 5 nitrogen and oxygen atoms in total. The van der Waals surface area contributed by atoms with Gasteiger partial charge >= 0.3 is 0 Å². The standard InChI is InChI=1S/C17H34N2O3/c1-17(2,3)22-14-16(20)13-19-7-5-4-6-15(19)12-18-8-10-21-11-9-18/h15-16,20H,4-14H2,1-3H3. The van der Waals surface area contributed by atoms with E-state index in [0.717, 1.165) is 45.9 Å². The summed E-state index contributed by atoms with van der Waals surface area (Å²) in [7, 11) is 0. The van der Waals surface area contributed by atoms with Crippen molar-refractivity contribution in [3.63, 3.8) is 0 Å². The first-order chi connectivity index (χ1) is 10.4. The van der Waals surface area contributed by atoms with E-state index in [1.54, 1.807) is 0 Å². The highest BCUT2D eigenvalue weighted by Crippen LogP contribution is 2.19. The van der Waals surface area contributed by atoms with Crippen LogP contribution in [0.1, 0.15) is 40.0 Å². The molecule has 0 aromatic carbocycles. The lowest BCUT2D eigenvalue weighted by Gasteiger charge is -2.40. The van der Waals surface area contributed by atoms with Crippen molar-refractivity contribution in [3.05, 3.63) is 0 Å². The molecule has 1 N–H and O–H groups in total. The van der Waals surface area contributed by atoms with Crippen molar-refractivity contribution in [1.82, 2.24) is 9.80 Å². The molecule has 0 aromatic rings. The van der Waals surface area contributed by atoms with Crippen molar-refractivity contribution in [2.24, 2.45) is 0 Å². The zero-order valence-electron chi connectivity index (χ0n) is 14.6. The zero-order valence-corrected chi connectivity index (χ0v) is 14.6. The van der Waals surface area contributed by atoms with Crippen LogP contribution in [0, 0.1) is 0 Å². The molecule has 2 heterocycles. The monoisotopic (exact) mass is 314 g/mol. The molecule has 2 atom stereocenters. The van der Waals surface area contributed by atoms with E-state index in [1.165, 1.54) is 19.3 Å². The molecule has 2 saturated heterocycles. The molecular formula is C17H34N2O3. The molecule has 0 radical (unpaired) electrons. The van der Waals surface area contributed by atoms with Crippen LogP contribution in [-0.2, 0) is 9.47 Å². The summed E-state index contributed by atoms with van der Waals surface area (Å²) in [6, 6.07) is 0.566. The summed E-state index contributed by atoms with van der Waals surface area (Å²) >= 11 is 0. The Bertz CT molecular complexity index is 314. The van der Waals surface area contributed by atoms with Gasteiger partial charge in [0.25, 0.3) is 0 Å². The van der Waals surface area contributed by atoms with E-state index in [0.29, 0.717) is 12.6 Å². The number of ether oxygens (including phenoxy) is 2. The predicted molar refractivity (Wildman–Crippen MR) is 88.2 cm³/mol. The zero-order chi connectivity index (χ0) is 16.0. The van der Waals surface area contributed by atoms with Crippen LogP contribution >= 0.6 is 0 Å². The first kappa shape index (κ1) is 18.1. The second-order valence-corrected chi connectivity index (χ2v) is 7.63. The minimum Gasteiger partial charge on any atom is -0.389 e. The molecule has 0 aromatic heterocycles. The fourth-order valence-electron chi connectivity index (χ4n) is 3.26. The van der Waals surface area contributed by atoms with Crippen molar-refractivity contribution >= 4 is 0 Å². The van der Waals surface area contributed by atoms with Crippen LogP contribution in [0.4, 0.5) is 0 Å². The van der Waals surface area contributed by atoms with Crippen molar-refractivity contribution in [1.29, 1.82) is 0 Å². The number of aliphatic hydroxyl groups excluding tert-OH is 1. The fraction of sp³-hybridized carbons (Fsp3) is 1.00. The van der Waals surface area contributed by atoms with E-state index >= 15 is 0 Å². The third-order valence-electron chi connectivity index (χ3n) is 4.48. The van der Waals surface area contributed by atoms with Gasteiger partial charge in [0.15, 0.2) is 0 Å². The molecule has 5 heteroatoms. The summed E-state index contributed by atoms with van der Waals surface area (Å²) in [6.07, 6.45) is 3.39. The topological polar surface area (TPSA) is 45.2 Å².